The molecule has 2 aromatic carbocycles. The number of hydrogen-bond donors (Lipinski definition) is 1. The van der Waals surface area contributed by atoms with Crippen LogP contribution in [0, 0.1) is 13.7 Å². The van der Waals surface area contributed by atoms with Gasteiger partial charge >= 0.3 is 0 Å². The summed E-state index contributed by atoms with van der Waals surface area (Å²) in [6, 6.07) is 9.20. The fourth-order valence-corrected chi connectivity index (χ4v) is 1.68. The predicted octanol–water partition coefficient (Wildman–Crippen LogP) is 4.15. The summed E-state index contributed by atoms with van der Waals surface area (Å²) >= 11 is 0. The van der Waals surface area contributed by atoms with E-state index in [4.69, 9.17) is 13.0 Å². The number of fused-ring (bicyclic) bond motifs is 2. The summed E-state index contributed by atoms with van der Waals surface area (Å²) in [6.07, 6.45) is 0. The Balaban J connectivity index is 2.00. The second-order valence-electron chi connectivity index (χ2n) is 3.65. The van der Waals surface area contributed by atoms with Gasteiger partial charge in [-0.3, -0.25) is 0 Å². The lowest BCUT2D eigenvalue weighted by Crippen LogP contribution is -2.02. The third kappa shape index (κ3) is 1.43. The molecule has 0 fully saturated rings. The molecule has 1 aliphatic heterocycles. The Labute approximate surface area is 103 Å². The molecule has 1 heterocycles. The topological polar surface area (TPSA) is 21.3 Å². The fraction of sp³-hybridized carbons (Fsp3) is 0.143. The van der Waals surface area contributed by atoms with Crippen LogP contribution in [0.25, 0.3) is 0 Å². The standard InChI is InChI=1S/C14H13NO/c1-9-3-5-11-13(7-9)16-14-8-10(2)4-6-12(14)15-11/h3-8,15H,1-2H3/i1D3,2D3. The van der Waals surface area contributed by atoms with Crippen molar-refractivity contribution in [2.75, 3.05) is 5.32 Å². The van der Waals surface area contributed by atoms with Crippen molar-refractivity contribution in [2.24, 2.45) is 0 Å². The van der Waals surface area contributed by atoms with Crippen molar-refractivity contribution in [2.45, 2.75) is 13.7 Å². The van der Waals surface area contributed by atoms with Gasteiger partial charge in [0, 0.05) is 8.22 Å². The Kier molecular flexibility index (Phi) is 1.00. The monoisotopic (exact) mass is 217 g/mol. The zero-order valence-corrected chi connectivity index (χ0v) is 8.37. The Hall–Kier alpha value is -1.96. The predicted molar refractivity (Wildman–Crippen MR) is 65.7 cm³/mol. The van der Waals surface area contributed by atoms with Crippen molar-refractivity contribution in [3.05, 3.63) is 47.5 Å². The average molecular weight is 217 g/mol. The quantitative estimate of drug-likeness (QED) is 0.610. The zero-order valence-electron chi connectivity index (χ0n) is 14.4. The number of anilines is 2. The maximum atomic E-state index is 7.43. The third-order valence-electron chi connectivity index (χ3n) is 2.45. The van der Waals surface area contributed by atoms with Crippen LogP contribution in [0.5, 0.6) is 11.5 Å². The molecule has 0 atom stereocenters. The van der Waals surface area contributed by atoms with Gasteiger partial charge in [-0.2, -0.15) is 0 Å². The molecule has 0 amide bonds. The van der Waals surface area contributed by atoms with E-state index >= 15 is 0 Å². The number of hydrogen-bond acceptors (Lipinski definition) is 2. The summed E-state index contributed by atoms with van der Waals surface area (Å²) in [5.74, 6) is 0.729. The molecule has 0 saturated carbocycles. The minimum absolute atomic E-state index is 0.170. The molecule has 2 heteroatoms. The molecule has 0 saturated heterocycles. The number of aryl methyl sites for hydroxylation is 2. The Bertz CT molecular complexity index is 674. The minimum atomic E-state index is -2.22. The molecule has 1 N–H and O–H groups in total. The maximum Gasteiger partial charge on any atom is 0.151 e. The van der Waals surface area contributed by atoms with Gasteiger partial charge in [-0.15, -0.1) is 0 Å². The van der Waals surface area contributed by atoms with Crippen molar-refractivity contribution in [1.29, 1.82) is 0 Å². The summed E-state index contributed by atoms with van der Waals surface area (Å²) in [5, 5.41) is 3.11. The average Bonchev–Trinajstić information content (AvgIpc) is 2.41. The van der Waals surface area contributed by atoms with E-state index in [1.165, 1.54) is 24.3 Å². The highest BCUT2D eigenvalue weighted by Crippen LogP contribution is 2.42. The van der Waals surface area contributed by atoms with Crippen molar-refractivity contribution < 1.29 is 13.0 Å². The van der Waals surface area contributed by atoms with Gasteiger partial charge in [-0.05, 0) is 49.1 Å². The van der Waals surface area contributed by atoms with Crippen molar-refractivity contribution >= 4 is 11.4 Å². The first-order valence-electron chi connectivity index (χ1n) is 7.88. The highest BCUT2D eigenvalue weighted by molar-refractivity contribution is 5.75. The highest BCUT2D eigenvalue weighted by atomic mass is 16.5. The molecule has 0 bridgehead atoms. The van der Waals surface area contributed by atoms with Crippen LogP contribution in [0.4, 0.5) is 11.4 Å². The molecule has 1 aliphatic rings. The second kappa shape index (κ2) is 3.27. The van der Waals surface area contributed by atoms with Gasteiger partial charge in [0.25, 0.3) is 0 Å². The summed E-state index contributed by atoms with van der Waals surface area (Å²) in [5.41, 5.74) is 1.62. The lowest BCUT2D eigenvalue weighted by Gasteiger charge is -2.22. The molecular formula is C14H13NO. The van der Waals surface area contributed by atoms with Crippen molar-refractivity contribution in [1.82, 2.24) is 0 Å². The van der Waals surface area contributed by atoms with Crippen LogP contribution in [0.1, 0.15) is 19.4 Å². The van der Waals surface area contributed by atoms with Crippen LogP contribution in [0.2, 0.25) is 0 Å². The molecule has 0 radical (unpaired) electrons. The van der Waals surface area contributed by atoms with Crippen LogP contribution >= 0.6 is 0 Å². The third-order valence-corrected chi connectivity index (χ3v) is 2.45. The fourth-order valence-electron chi connectivity index (χ4n) is 1.68. The first kappa shape index (κ1) is 4.91. The maximum absolute atomic E-state index is 7.43. The number of nitrogens with one attached hydrogen (secondary N) is 1. The number of ether oxygens (including phenoxy) is 1. The molecule has 2 aromatic rings. The van der Waals surface area contributed by atoms with Crippen LogP contribution in [0.3, 0.4) is 0 Å². The Morgan fingerprint density at radius 3 is 2.00 bits per heavy atom. The van der Waals surface area contributed by atoms with E-state index in [0.717, 1.165) is 0 Å². The van der Waals surface area contributed by atoms with E-state index in [-0.39, 0.29) is 11.1 Å². The van der Waals surface area contributed by atoms with Gasteiger partial charge in [0.05, 0.1) is 11.4 Å². The van der Waals surface area contributed by atoms with E-state index in [1.807, 2.05) is 0 Å². The molecule has 2 nitrogen and oxygen atoms in total. The Morgan fingerprint density at radius 1 is 0.938 bits per heavy atom. The van der Waals surface area contributed by atoms with Crippen LogP contribution in [-0.4, -0.2) is 0 Å². The second-order valence-corrected chi connectivity index (χ2v) is 3.65. The van der Waals surface area contributed by atoms with Gasteiger partial charge in [-0.25, -0.2) is 0 Å². The van der Waals surface area contributed by atoms with E-state index in [2.05, 4.69) is 5.32 Å². The molecule has 0 aliphatic carbocycles. The largest absolute Gasteiger partial charge is 0.453 e. The Morgan fingerprint density at radius 2 is 1.50 bits per heavy atom. The normalized spacial score (nSPS) is 19.2. The van der Waals surface area contributed by atoms with Gasteiger partial charge in [0.1, 0.15) is 0 Å². The number of rotatable bonds is 0. The molecule has 80 valence electrons. The van der Waals surface area contributed by atoms with E-state index < -0.39 is 13.7 Å². The molecular weight excluding hydrogens is 198 g/mol. The van der Waals surface area contributed by atoms with Gasteiger partial charge in [0.15, 0.2) is 11.5 Å². The summed E-state index contributed by atoms with van der Waals surface area (Å²) in [4.78, 5) is 0. The number of benzene rings is 2. The first-order valence-corrected chi connectivity index (χ1v) is 4.88. The SMILES string of the molecule is [2H]C([2H])([2H])c1ccc2c(c1)Oc1cc(C([2H])([2H])[2H])ccc1N2. The van der Waals surface area contributed by atoms with Crippen LogP contribution in [0.15, 0.2) is 36.4 Å². The molecule has 16 heavy (non-hydrogen) atoms. The minimum Gasteiger partial charge on any atom is -0.453 e. The zero-order chi connectivity index (χ0) is 16.1. The van der Waals surface area contributed by atoms with Crippen LogP contribution < -0.4 is 10.1 Å². The van der Waals surface area contributed by atoms with Gasteiger partial charge in [-0.1, -0.05) is 12.1 Å². The van der Waals surface area contributed by atoms with Crippen molar-refractivity contribution in [3.63, 3.8) is 0 Å². The highest BCUT2D eigenvalue weighted by Gasteiger charge is 2.15. The molecule has 3 rings (SSSR count). The van der Waals surface area contributed by atoms with Gasteiger partial charge < -0.3 is 10.1 Å². The van der Waals surface area contributed by atoms with E-state index in [0.29, 0.717) is 22.9 Å². The van der Waals surface area contributed by atoms with Gasteiger partial charge in [0.2, 0.25) is 0 Å². The smallest absolute Gasteiger partial charge is 0.151 e. The van der Waals surface area contributed by atoms with Crippen LogP contribution in [-0.2, 0) is 0 Å². The summed E-state index contributed by atoms with van der Waals surface area (Å²) in [6.45, 7) is -4.45. The lowest BCUT2D eigenvalue weighted by atomic mass is 10.1. The summed E-state index contributed by atoms with van der Waals surface area (Å²) < 4.78 is 50.3. The lowest BCUT2D eigenvalue weighted by molar-refractivity contribution is 0.480. The van der Waals surface area contributed by atoms with E-state index in [1.54, 1.807) is 12.1 Å². The molecule has 0 unspecified atom stereocenters. The van der Waals surface area contributed by atoms with E-state index in [9.17, 15) is 0 Å². The molecule has 0 spiro atoms. The summed E-state index contributed by atoms with van der Waals surface area (Å²) in [7, 11) is 0. The first-order chi connectivity index (χ1) is 10.1. The van der Waals surface area contributed by atoms with Crippen molar-refractivity contribution in [3.8, 4) is 11.5 Å². The molecule has 0 aromatic heterocycles.